The van der Waals surface area contributed by atoms with Crippen molar-refractivity contribution in [3.05, 3.63) is 88.5 Å². The number of para-hydroxylation sites is 1. The minimum absolute atomic E-state index is 0.0883. The van der Waals surface area contributed by atoms with Crippen molar-refractivity contribution < 1.29 is 22.9 Å². The van der Waals surface area contributed by atoms with Crippen molar-refractivity contribution in [2.24, 2.45) is 0 Å². The van der Waals surface area contributed by atoms with E-state index in [1.54, 1.807) is 30.3 Å². The van der Waals surface area contributed by atoms with E-state index in [1.807, 2.05) is 0 Å². The Morgan fingerprint density at radius 3 is 2.40 bits per heavy atom. The van der Waals surface area contributed by atoms with Gasteiger partial charge < -0.3 is 10.1 Å². The highest BCUT2D eigenvalue weighted by atomic mass is 32.2. The average Bonchev–Trinajstić information content (AvgIpc) is 2.74. The summed E-state index contributed by atoms with van der Waals surface area (Å²) in [6, 6.07) is 17.6. The Hall–Kier alpha value is -3.92. The van der Waals surface area contributed by atoms with Crippen LogP contribution in [-0.2, 0) is 10.0 Å². The Bertz CT molecular complexity index is 1200. The molecule has 9 nitrogen and oxygen atoms in total. The summed E-state index contributed by atoms with van der Waals surface area (Å²) in [6.07, 6.45) is 0. The zero-order valence-electron chi connectivity index (χ0n) is 15.7. The molecular formula is C20H17N3O6S. The highest BCUT2D eigenvalue weighted by Crippen LogP contribution is 2.29. The first-order valence-electron chi connectivity index (χ1n) is 8.62. The van der Waals surface area contributed by atoms with E-state index in [0.29, 0.717) is 5.69 Å². The first kappa shape index (κ1) is 20.8. The van der Waals surface area contributed by atoms with Crippen LogP contribution in [0.2, 0.25) is 0 Å². The van der Waals surface area contributed by atoms with E-state index in [0.717, 1.165) is 0 Å². The average molecular weight is 427 g/mol. The number of carbonyl (C=O) groups is 1. The predicted molar refractivity (Wildman–Crippen MR) is 111 cm³/mol. The lowest BCUT2D eigenvalue weighted by molar-refractivity contribution is -0.384. The molecule has 0 fully saturated rings. The van der Waals surface area contributed by atoms with Crippen LogP contribution in [-0.4, -0.2) is 26.4 Å². The molecular weight excluding hydrogens is 410 g/mol. The molecule has 154 valence electrons. The molecule has 10 heteroatoms. The van der Waals surface area contributed by atoms with Crippen molar-refractivity contribution in [2.45, 2.75) is 4.90 Å². The van der Waals surface area contributed by atoms with Gasteiger partial charge in [-0.1, -0.05) is 24.3 Å². The summed E-state index contributed by atoms with van der Waals surface area (Å²) in [6.45, 7) is 0. The van der Waals surface area contributed by atoms with Gasteiger partial charge in [0.25, 0.3) is 21.6 Å². The molecule has 0 bridgehead atoms. The van der Waals surface area contributed by atoms with Gasteiger partial charge in [-0.25, -0.2) is 8.42 Å². The number of amides is 1. The molecule has 0 heterocycles. The van der Waals surface area contributed by atoms with E-state index in [-0.39, 0.29) is 27.6 Å². The van der Waals surface area contributed by atoms with Gasteiger partial charge in [0.2, 0.25) is 0 Å². The Morgan fingerprint density at radius 1 is 1.00 bits per heavy atom. The molecule has 0 radical (unpaired) electrons. The third kappa shape index (κ3) is 4.73. The van der Waals surface area contributed by atoms with E-state index in [1.165, 1.54) is 49.6 Å². The number of nitrogens with one attached hydrogen (secondary N) is 2. The standard InChI is InChI=1S/C20H17N3O6S/c1-29-19-13-16(23(25)26)10-11-18(19)21-20(24)14-6-5-9-17(12-14)30(27,28)22-15-7-3-2-4-8-15/h2-13,22H,1H3,(H,21,24). The summed E-state index contributed by atoms with van der Waals surface area (Å²) >= 11 is 0. The molecule has 2 N–H and O–H groups in total. The van der Waals surface area contributed by atoms with Crippen molar-refractivity contribution in [2.75, 3.05) is 17.1 Å². The van der Waals surface area contributed by atoms with E-state index in [4.69, 9.17) is 4.74 Å². The maximum atomic E-state index is 12.6. The highest BCUT2D eigenvalue weighted by molar-refractivity contribution is 7.92. The minimum Gasteiger partial charge on any atom is -0.494 e. The van der Waals surface area contributed by atoms with Crippen molar-refractivity contribution >= 4 is 33.0 Å². The van der Waals surface area contributed by atoms with Gasteiger partial charge in [0, 0.05) is 17.3 Å². The van der Waals surface area contributed by atoms with Gasteiger partial charge in [-0.3, -0.25) is 19.6 Å². The van der Waals surface area contributed by atoms with Crippen LogP contribution in [0.4, 0.5) is 17.1 Å². The number of nitrogens with zero attached hydrogens (tertiary/aromatic N) is 1. The predicted octanol–water partition coefficient (Wildman–Crippen LogP) is 3.66. The van der Waals surface area contributed by atoms with E-state index in [9.17, 15) is 23.3 Å². The molecule has 1 amide bonds. The van der Waals surface area contributed by atoms with E-state index >= 15 is 0 Å². The molecule has 0 aliphatic heterocycles. The molecule has 3 rings (SSSR count). The number of hydrogen-bond donors (Lipinski definition) is 2. The summed E-state index contributed by atoms with van der Waals surface area (Å²) in [5, 5.41) is 13.5. The molecule has 3 aromatic rings. The summed E-state index contributed by atoms with van der Waals surface area (Å²) < 4.78 is 32.8. The number of anilines is 2. The number of nitro groups is 1. The number of sulfonamides is 1. The normalized spacial score (nSPS) is 10.8. The van der Waals surface area contributed by atoms with Crippen molar-refractivity contribution in [3.63, 3.8) is 0 Å². The highest BCUT2D eigenvalue weighted by Gasteiger charge is 2.18. The summed E-state index contributed by atoms with van der Waals surface area (Å²) in [7, 11) is -2.58. The van der Waals surface area contributed by atoms with E-state index < -0.39 is 20.9 Å². The van der Waals surface area contributed by atoms with Crippen LogP contribution < -0.4 is 14.8 Å². The van der Waals surface area contributed by atoms with Crippen LogP contribution in [0.25, 0.3) is 0 Å². The Labute approximate surface area is 172 Å². The smallest absolute Gasteiger partial charge is 0.273 e. The van der Waals surface area contributed by atoms with Crippen LogP contribution in [0.1, 0.15) is 10.4 Å². The number of ether oxygens (including phenoxy) is 1. The summed E-state index contributed by atoms with van der Waals surface area (Å²) in [5.74, 6) is -0.494. The van der Waals surface area contributed by atoms with Gasteiger partial charge in [0.15, 0.2) is 0 Å². The summed E-state index contributed by atoms with van der Waals surface area (Å²) in [5.41, 5.74) is 0.503. The second-order valence-corrected chi connectivity index (χ2v) is 7.78. The Kier molecular flexibility index (Phi) is 5.98. The molecule has 3 aromatic carbocycles. The zero-order chi connectivity index (χ0) is 21.7. The van der Waals surface area contributed by atoms with Gasteiger partial charge in [-0.05, 0) is 36.4 Å². The third-order valence-electron chi connectivity index (χ3n) is 4.08. The second-order valence-electron chi connectivity index (χ2n) is 6.10. The molecule has 0 aromatic heterocycles. The largest absolute Gasteiger partial charge is 0.494 e. The van der Waals surface area contributed by atoms with E-state index in [2.05, 4.69) is 10.0 Å². The molecule has 30 heavy (non-hydrogen) atoms. The minimum atomic E-state index is -3.90. The van der Waals surface area contributed by atoms with Crippen LogP contribution >= 0.6 is 0 Å². The monoisotopic (exact) mass is 427 g/mol. The van der Waals surface area contributed by atoms with Crippen LogP contribution in [0, 0.1) is 10.1 Å². The number of methoxy groups -OCH3 is 1. The quantitative estimate of drug-likeness (QED) is 0.437. The second kappa shape index (κ2) is 8.62. The summed E-state index contributed by atoms with van der Waals surface area (Å²) in [4.78, 5) is 22.8. The van der Waals surface area contributed by atoms with Gasteiger partial charge in [0.1, 0.15) is 5.75 Å². The molecule has 0 saturated carbocycles. The number of rotatable bonds is 7. The first-order valence-corrected chi connectivity index (χ1v) is 10.1. The zero-order valence-corrected chi connectivity index (χ0v) is 16.5. The number of non-ortho nitro benzene ring substituents is 1. The Balaban J connectivity index is 1.84. The van der Waals surface area contributed by atoms with Crippen molar-refractivity contribution in [1.29, 1.82) is 0 Å². The lowest BCUT2D eigenvalue weighted by Gasteiger charge is -2.11. The number of nitro benzene ring substituents is 1. The molecule has 0 unspecified atom stereocenters. The number of hydrogen-bond acceptors (Lipinski definition) is 6. The lowest BCUT2D eigenvalue weighted by atomic mass is 10.2. The topological polar surface area (TPSA) is 128 Å². The van der Waals surface area contributed by atoms with Crippen LogP contribution in [0.3, 0.4) is 0 Å². The number of carbonyl (C=O) groups excluding carboxylic acids is 1. The maximum absolute atomic E-state index is 12.6. The maximum Gasteiger partial charge on any atom is 0.273 e. The fourth-order valence-electron chi connectivity index (χ4n) is 2.62. The molecule has 0 saturated heterocycles. The van der Waals surface area contributed by atoms with Gasteiger partial charge in [-0.2, -0.15) is 0 Å². The molecule has 0 atom stereocenters. The van der Waals surface area contributed by atoms with Gasteiger partial charge in [0.05, 0.1) is 28.7 Å². The third-order valence-corrected chi connectivity index (χ3v) is 5.46. The van der Waals surface area contributed by atoms with Crippen LogP contribution in [0.5, 0.6) is 5.75 Å². The molecule has 0 spiro atoms. The van der Waals surface area contributed by atoms with Crippen molar-refractivity contribution in [3.8, 4) is 5.75 Å². The van der Waals surface area contributed by atoms with Crippen molar-refractivity contribution in [1.82, 2.24) is 0 Å². The number of benzene rings is 3. The SMILES string of the molecule is COc1cc([N+](=O)[O-])ccc1NC(=O)c1cccc(S(=O)(=O)Nc2ccccc2)c1. The van der Waals surface area contributed by atoms with Crippen LogP contribution in [0.15, 0.2) is 77.7 Å². The fraction of sp³-hybridized carbons (Fsp3) is 0.0500. The fourth-order valence-corrected chi connectivity index (χ4v) is 3.72. The lowest BCUT2D eigenvalue weighted by Crippen LogP contribution is -2.16. The van der Waals surface area contributed by atoms with Gasteiger partial charge in [-0.15, -0.1) is 0 Å². The van der Waals surface area contributed by atoms with Gasteiger partial charge >= 0.3 is 0 Å². The molecule has 0 aliphatic carbocycles. The Morgan fingerprint density at radius 2 is 1.73 bits per heavy atom. The first-order chi connectivity index (χ1) is 14.3. The molecule has 0 aliphatic rings.